The Morgan fingerprint density at radius 3 is 2.00 bits per heavy atom. The van der Waals surface area contributed by atoms with E-state index in [-0.39, 0.29) is 18.9 Å². The molecular weight excluding hydrogens is 378 g/mol. The van der Waals surface area contributed by atoms with Gasteiger partial charge < -0.3 is 28.6 Å². The Hall–Kier alpha value is -3.42. The van der Waals surface area contributed by atoms with Crippen LogP contribution in [0.1, 0.15) is 6.42 Å². The van der Waals surface area contributed by atoms with E-state index in [1.807, 2.05) is 0 Å². The van der Waals surface area contributed by atoms with E-state index < -0.39 is 11.9 Å². The Kier molecular flexibility index (Phi) is 6.11. The van der Waals surface area contributed by atoms with E-state index in [0.29, 0.717) is 34.4 Å². The number of rotatable bonds is 7. The quantitative estimate of drug-likeness (QED) is 0.521. The predicted octanol–water partition coefficient (Wildman–Crippen LogP) is 2.68. The Morgan fingerprint density at radius 1 is 0.897 bits per heavy atom. The molecule has 154 valence electrons. The van der Waals surface area contributed by atoms with E-state index >= 15 is 0 Å². The van der Waals surface area contributed by atoms with Gasteiger partial charge in [-0.25, -0.2) is 0 Å². The number of anilines is 1. The SMILES string of the molecule is COc1ccc(OC(=O)C2CC(=O)N(c3cc(OC)c(OC)c(OC)c3)C2)cc1. The number of amides is 1. The lowest BCUT2D eigenvalue weighted by molar-refractivity contribution is -0.139. The number of hydrogen-bond donors (Lipinski definition) is 0. The van der Waals surface area contributed by atoms with E-state index in [4.69, 9.17) is 23.7 Å². The fraction of sp³-hybridized carbons (Fsp3) is 0.333. The van der Waals surface area contributed by atoms with Crippen LogP contribution in [0.25, 0.3) is 0 Å². The van der Waals surface area contributed by atoms with Crippen LogP contribution in [0.4, 0.5) is 5.69 Å². The van der Waals surface area contributed by atoms with Crippen molar-refractivity contribution in [3.05, 3.63) is 36.4 Å². The maximum atomic E-state index is 12.6. The van der Waals surface area contributed by atoms with Crippen molar-refractivity contribution in [2.45, 2.75) is 6.42 Å². The summed E-state index contributed by atoms with van der Waals surface area (Å²) in [4.78, 5) is 26.6. The summed E-state index contributed by atoms with van der Waals surface area (Å²) in [5.74, 6) is 1.13. The summed E-state index contributed by atoms with van der Waals surface area (Å²) in [6, 6.07) is 10.0. The summed E-state index contributed by atoms with van der Waals surface area (Å²) in [7, 11) is 6.07. The van der Waals surface area contributed by atoms with Gasteiger partial charge in [-0.05, 0) is 24.3 Å². The molecule has 1 fully saturated rings. The van der Waals surface area contributed by atoms with Crippen molar-refractivity contribution in [3.63, 3.8) is 0 Å². The van der Waals surface area contributed by atoms with Gasteiger partial charge in [-0.15, -0.1) is 0 Å². The molecule has 0 radical (unpaired) electrons. The van der Waals surface area contributed by atoms with Gasteiger partial charge in [0.15, 0.2) is 11.5 Å². The first-order valence-corrected chi connectivity index (χ1v) is 8.96. The van der Waals surface area contributed by atoms with Gasteiger partial charge in [-0.3, -0.25) is 9.59 Å². The first-order valence-electron chi connectivity index (χ1n) is 8.96. The van der Waals surface area contributed by atoms with Crippen LogP contribution >= 0.6 is 0 Å². The minimum absolute atomic E-state index is 0.0612. The van der Waals surface area contributed by atoms with Crippen molar-refractivity contribution >= 4 is 17.6 Å². The molecule has 0 bridgehead atoms. The molecule has 8 heteroatoms. The molecule has 0 aromatic heterocycles. The van der Waals surface area contributed by atoms with Gasteiger partial charge in [0, 0.05) is 25.1 Å². The molecule has 3 rings (SSSR count). The van der Waals surface area contributed by atoms with Crippen LogP contribution in [0.3, 0.4) is 0 Å². The van der Waals surface area contributed by atoms with Gasteiger partial charge in [0.05, 0.1) is 40.0 Å². The van der Waals surface area contributed by atoms with Gasteiger partial charge in [0.1, 0.15) is 11.5 Å². The smallest absolute Gasteiger partial charge is 0.316 e. The molecule has 2 aromatic rings. The Morgan fingerprint density at radius 2 is 1.48 bits per heavy atom. The highest BCUT2D eigenvalue weighted by Crippen LogP contribution is 2.42. The maximum absolute atomic E-state index is 12.6. The highest BCUT2D eigenvalue weighted by atomic mass is 16.5. The number of carbonyl (C=O) groups excluding carboxylic acids is 2. The highest BCUT2D eigenvalue weighted by Gasteiger charge is 2.37. The Labute approximate surface area is 168 Å². The van der Waals surface area contributed by atoms with Crippen LogP contribution in [0, 0.1) is 5.92 Å². The normalized spacial score (nSPS) is 15.8. The van der Waals surface area contributed by atoms with Gasteiger partial charge in [-0.1, -0.05) is 0 Å². The molecule has 0 spiro atoms. The van der Waals surface area contributed by atoms with Crippen molar-refractivity contribution in [1.82, 2.24) is 0 Å². The van der Waals surface area contributed by atoms with Crippen molar-refractivity contribution in [2.24, 2.45) is 5.92 Å². The third kappa shape index (κ3) is 4.21. The third-order valence-corrected chi connectivity index (χ3v) is 4.70. The summed E-state index contributed by atoms with van der Waals surface area (Å²) in [5.41, 5.74) is 0.559. The van der Waals surface area contributed by atoms with Crippen molar-refractivity contribution in [1.29, 1.82) is 0 Å². The standard InChI is InChI=1S/C21H23NO7/c1-25-15-5-7-16(8-6-15)29-21(24)13-9-19(23)22(12-13)14-10-17(26-2)20(28-4)18(11-14)27-3/h5-8,10-11,13H,9,12H2,1-4H3. The second-order valence-electron chi connectivity index (χ2n) is 6.39. The summed E-state index contributed by atoms with van der Waals surface area (Å²) in [6.45, 7) is 0.201. The number of benzene rings is 2. The van der Waals surface area contributed by atoms with Crippen LogP contribution in [-0.4, -0.2) is 46.9 Å². The molecule has 1 aliphatic heterocycles. The maximum Gasteiger partial charge on any atom is 0.316 e. The first-order chi connectivity index (χ1) is 14.0. The van der Waals surface area contributed by atoms with Gasteiger partial charge >= 0.3 is 5.97 Å². The molecule has 1 unspecified atom stereocenters. The van der Waals surface area contributed by atoms with Gasteiger partial charge in [0.2, 0.25) is 11.7 Å². The molecule has 1 heterocycles. The van der Waals surface area contributed by atoms with Crippen molar-refractivity contribution in [3.8, 4) is 28.7 Å². The minimum atomic E-state index is -0.580. The Bertz CT molecular complexity index is 869. The Balaban J connectivity index is 1.76. The summed E-state index contributed by atoms with van der Waals surface area (Å²) in [6.07, 6.45) is 0.0612. The fourth-order valence-electron chi connectivity index (χ4n) is 3.18. The monoisotopic (exact) mass is 401 g/mol. The molecule has 8 nitrogen and oxygen atoms in total. The van der Waals surface area contributed by atoms with Crippen LogP contribution in [0.5, 0.6) is 28.7 Å². The van der Waals surface area contributed by atoms with Gasteiger partial charge in [-0.2, -0.15) is 0 Å². The minimum Gasteiger partial charge on any atom is -0.497 e. The second-order valence-corrected chi connectivity index (χ2v) is 6.39. The topological polar surface area (TPSA) is 83.5 Å². The fourth-order valence-corrected chi connectivity index (χ4v) is 3.18. The zero-order valence-corrected chi connectivity index (χ0v) is 16.8. The number of hydrogen-bond acceptors (Lipinski definition) is 7. The van der Waals surface area contributed by atoms with Crippen LogP contribution in [0.15, 0.2) is 36.4 Å². The molecule has 0 aliphatic carbocycles. The second kappa shape index (κ2) is 8.72. The molecule has 1 atom stereocenters. The lowest BCUT2D eigenvalue weighted by atomic mass is 10.1. The van der Waals surface area contributed by atoms with E-state index in [1.54, 1.807) is 43.5 Å². The molecule has 1 amide bonds. The van der Waals surface area contributed by atoms with Gasteiger partial charge in [0.25, 0.3) is 0 Å². The average Bonchev–Trinajstić information content (AvgIpc) is 3.14. The zero-order chi connectivity index (χ0) is 21.0. The van der Waals surface area contributed by atoms with Crippen LogP contribution in [0.2, 0.25) is 0 Å². The number of carbonyl (C=O) groups is 2. The highest BCUT2D eigenvalue weighted by molar-refractivity contribution is 6.00. The summed E-state index contributed by atoms with van der Waals surface area (Å²) >= 11 is 0. The van der Waals surface area contributed by atoms with Crippen molar-refractivity contribution < 1.29 is 33.3 Å². The summed E-state index contributed by atoms with van der Waals surface area (Å²) < 4.78 is 26.5. The molecule has 29 heavy (non-hydrogen) atoms. The molecule has 1 saturated heterocycles. The molecule has 2 aromatic carbocycles. The largest absolute Gasteiger partial charge is 0.497 e. The molecule has 0 N–H and O–H groups in total. The van der Waals surface area contributed by atoms with E-state index in [2.05, 4.69) is 0 Å². The lowest BCUT2D eigenvalue weighted by Gasteiger charge is -2.20. The lowest BCUT2D eigenvalue weighted by Crippen LogP contribution is -2.27. The molecular formula is C21H23NO7. The number of ether oxygens (including phenoxy) is 5. The van der Waals surface area contributed by atoms with E-state index in [1.165, 1.54) is 26.2 Å². The predicted molar refractivity (Wildman–Crippen MR) is 105 cm³/mol. The van der Waals surface area contributed by atoms with Crippen LogP contribution < -0.4 is 28.6 Å². The average molecular weight is 401 g/mol. The zero-order valence-electron chi connectivity index (χ0n) is 16.8. The van der Waals surface area contributed by atoms with Crippen LogP contribution in [-0.2, 0) is 9.59 Å². The van der Waals surface area contributed by atoms with E-state index in [0.717, 1.165) is 0 Å². The number of esters is 1. The van der Waals surface area contributed by atoms with Crippen molar-refractivity contribution in [2.75, 3.05) is 39.9 Å². The molecule has 1 aliphatic rings. The number of methoxy groups -OCH3 is 4. The summed E-state index contributed by atoms with van der Waals surface area (Å²) in [5, 5.41) is 0. The number of nitrogens with zero attached hydrogens (tertiary/aromatic N) is 1. The third-order valence-electron chi connectivity index (χ3n) is 4.70. The first kappa shape index (κ1) is 20.3. The molecule has 0 saturated carbocycles. The van der Waals surface area contributed by atoms with E-state index in [9.17, 15) is 9.59 Å².